The number of thiocarbonyl (C=S) groups is 1. The molecule has 0 amide bonds. The number of halogens is 2. The highest BCUT2D eigenvalue weighted by Gasteiger charge is 2.05. The second kappa shape index (κ2) is 9.26. The van der Waals surface area contributed by atoms with Crippen molar-refractivity contribution in [1.29, 1.82) is 0 Å². The molecule has 1 aromatic carbocycles. The Morgan fingerprint density at radius 1 is 1.32 bits per heavy atom. The number of hydrazone groups is 1. The van der Waals surface area contributed by atoms with Gasteiger partial charge in [-0.05, 0) is 55.9 Å². The van der Waals surface area contributed by atoms with Gasteiger partial charge < -0.3 is 14.8 Å². The average molecular weight is 331 g/mol. The van der Waals surface area contributed by atoms with Crippen LogP contribution in [0.4, 0.5) is 8.78 Å². The fourth-order valence-corrected chi connectivity index (χ4v) is 1.87. The van der Waals surface area contributed by atoms with Crippen LogP contribution in [0.2, 0.25) is 0 Å². The third-order valence-electron chi connectivity index (χ3n) is 2.62. The van der Waals surface area contributed by atoms with Gasteiger partial charge in [0.2, 0.25) is 0 Å². The zero-order chi connectivity index (χ0) is 16.5. The van der Waals surface area contributed by atoms with Crippen LogP contribution in [0.5, 0.6) is 5.75 Å². The number of hydrogen-bond donors (Lipinski definition) is 2. The van der Waals surface area contributed by atoms with Gasteiger partial charge in [0.05, 0.1) is 12.3 Å². The second-order valence-electron chi connectivity index (χ2n) is 4.54. The van der Waals surface area contributed by atoms with Crippen molar-refractivity contribution in [2.75, 3.05) is 13.7 Å². The van der Waals surface area contributed by atoms with Crippen LogP contribution in [-0.2, 0) is 4.74 Å². The Hall–Kier alpha value is -1.80. The van der Waals surface area contributed by atoms with E-state index in [1.54, 1.807) is 26.2 Å². The first-order valence-electron chi connectivity index (χ1n) is 6.57. The number of nitrogens with zero attached hydrogens (tertiary/aromatic N) is 1. The summed E-state index contributed by atoms with van der Waals surface area (Å²) in [4.78, 5) is 0. The normalized spacial score (nSPS) is 12.9. The number of benzene rings is 1. The van der Waals surface area contributed by atoms with Gasteiger partial charge in [0.1, 0.15) is 5.75 Å². The van der Waals surface area contributed by atoms with Crippen molar-refractivity contribution >= 4 is 23.0 Å². The average Bonchev–Trinajstić information content (AvgIpc) is 2.45. The number of ether oxygens (including phenoxy) is 2. The molecule has 1 rings (SSSR count). The molecule has 0 unspecified atom stereocenters. The number of nitrogens with one attached hydrogen (secondary N) is 2. The van der Waals surface area contributed by atoms with E-state index in [1.807, 2.05) is 6.92 Å². The van der Waals surface area contributed by atoms with E-state index in [1.165, 1.54) is 12.1 Å². The van der Waals surface area contributed by atoms with E-state index in [0.29, 0.717) is 17.4 Å². The molecule has 0 spiro atoms. The van der Waals surface area contributed by atoms with Crippen molar-refractivity contribution in [3.63, 3.8) is 0 Å². The summed E-state index contributed by atoms with van der Waals surface area (Å²) in [5, 5.41) is 7.51. The Morgan fingerprint density at radius 3 is 2.50 bits per heavy atom. The molecule has 0 saturated carbocycles. The SMILES string of the molecule is COC[C@@H](C)NC(=S)N/N=C(/C)c1ccc(OC(F)F)cc1. The summed E-state index contributed by atoms with van der Waals surface area (Å²) in [5.74, 6) is 0.102. The van der Waals surface area contributed by atoms with Crippen LogP contribution in [0.1, 0.15) is 19.4 Å². The van der Waals surface area contributed by atoms with E-state index >= 15 is 0 Å². The number of alkyl halides is 2. The monoisotopic (exact) mass is 331 g/mol. The summed E-state index contributed by atoms with van der Waals surface area (Å²) < 4.78 is 33.4. The summed E-state index contributed by atoms with van der Waals surface area (Å²) in [6, 6.07) is 6.26. The van der Waals surface area contributed by atoms with Crippen LogP contribution in [0.3, 0.4) is 0 Å². The Morgan fingerprint density at radius 2 is 1.95 bits per heavy atom. The highest BCUT2D eigenvalue weighted by Crippen LogP contribution is 2.15. The summed E-state index contributed by atoms with van der Waals surface area (Å²) in [6.45, 7) is 1.39. The smallest absolute Gasteiger partial charge is 0.387 e. The molecule has 2 N–H and O–H groups in total. The van der Waals surface area contributed by atoms with Crippen molar-refractivity contribution in [1.82, 2.24) is 10.7 Å². The van der Waals surface area contributed by atoms with Gasteiger partial charge in [0.15, 0.2) is 5.11 Å². The van der Waals surface area contributed by atoms with Crippen LogP contribution in [-0.4, -0.2) is 37.2 Å². The van der Waals surface area contributed by atoms with E-state index in [-0.39, 0.29) is 11.8 Å². The van der Waals surface area contributed by atoms with Crippen LogP contribution in [0.15, 0.2) is 29.4 Å². The fraction of sp³-hybridized carbons (Fsp3) is 0.429. The third-order valence-corrected chi connectivity index (χ3v) is 2.83. The second-order valence-corrected chi connectivity index (χ2v) is 4.95. The first-order valence-corrected chi connectivity index (χ1v) is 6.98. The van der Waals surface area contributed by atoms with Gasteiger partial charge in [-0.15, -0.1) is 0 Å². The summed E-state index contributed by atoms with van der Waals surface area (Å²) in [6.07, 6.45) is 0. The van der Waals surface area contributed by atoms with Crippen LogP contribution in [0, 0.1) is 0 Å². The number of hydrogen-bond acceptors (Lipinski definition) is 4. The maximum atomic E-state index is 12.1. The molecule has 1 aromatic rings. The maximum absolute atomic E-state index is 12.1. The number of methoxy groups -OCH3 is 1. The summed E-state index contributed by atoms with van der Waals surface area (Å²) in [5.41, 5.74) is 4.14. The zero-order valence-electron chi connectivity index (χ0n) is 12.6. The molecule has 5 nitrogen and oxygen atoms in total. The minimum absolute atomic E-state index is 0.0614. The molecule has 0 bridgehead atoms. The molecule has 0 heterocycles. The summed E-state index contributed by atoms with van der Waals surface area (Å²) >= 11 is 5.09. The first kappa shape index (κ1) is 18.2. The molecule has 0 saturated heterocycles. The zero-order valence-corrected chi connectivity index (χ0v) is 13.4. The predicted molar refractivity (Wildman–Crippen MR) is 85.5 cm³/mol. The van der Waals surface area contributed by atoms with Crippen LogP contribution >= 0.6 is 12.2 Å². The van der Waals surface area contributed by atoms with Gasteiger partial charge in [0.25, 0.3) is 0 Å². The molecular formula is C14H19F2N3O2S. The minimum atomic E-state index is -2.83. The minimum Gasteiger partial charge on any atom is -0.435 e. The van der Waals surface area contributed by atoms with Gasteiger partial charge in [-0.25, -0.2) is 0 Å². The Balaban J connectivity index is 2.55. The van der Waals surface area contributed by atoms with Gasteiger partial charge in [-0.2, -0.15) is 13.9 Å². The molecule has 0 aliphatic heterocycles. The third kappa shape index (κ3) is 6.77. The maximum Gasteiger partial charge on any atom is 0.387 e. The van der Waals surface area contributed by atoms with E-state index in [9.17, 15) is 8.78 Å². The van der Waals surface area contributed by atoms with Crippen molar-refractivity contribution in [2.24, 2.45) is 5.10 Å². The molecule has 0 aliphatic carbocycles. The van der Waals surface area contributed by atoms with Crippen molar-refractivity contribution in [3.8, 4) is 5.75 Å². The van der Waals surface area contributed by atoms with E-state index < -0.39 is 6.61 Å². The van der Waals surface area contributed by atoms with E-state index in [4.69, 9.17) is 17.0 Å². The first-order chi connectivity index (χ1) is 10.4. The van der Waals surface area contributed by atoms with Gasteiger partial charge >= 0.3 is 6.61 Å². The lowest BCUT2D eigenvalue weighted by molar-refractivity contribution is -0.0498. The van der Waals surface area contributed by atoms with E-state index in [2.05, 4.69) is 20.6 Å². The van der Waals surface area contributed by atoms with Gasteiger partial charge in [-0.1, -0.05) is 0 Å². The molecule has 122 valence electrons. The highest BCUT2D eigenvalue weighted by atomic mass is 32.1. The lowest BCUT2D eigenvalue weighted by Crippen LogP contribution is -2.40. The standard InChI is InChI=1S/C14H19F2N3O2S/c1-9(8-20-3)17-14(22)19-18-10(2)11-4-6-12(7-5-11)21-13(15)16/h4-7,9,13H,8H2,1-3H3,(H2,17,19,22)/b18-10-/t9-/m1/s1. The quantitative estimate of drug-likeness (QED) is 0.457. The molecule has 0 aliphatic rings. The van der Waals surface area contributed by atoms with Crippen molar-refractivity contribution < 1.29 is 18.3 Å². The lowest BCUT2D eigenvalue weighted by Gasteiger charge is -2.14. The Labute approximate surface area is 133 Å². The highest BCUT2D eigenvalue weighted by molar-refractivity contribution is 7.80. The van der Waals surface area contributed by atoms with Crippen molar-refractivity contribution in [3.05, 3.63) is 29.8 Å². The Kier molecular flexibility index (Phi) is 7.69. The van der Waals surface area contributed by atoms with Crippen LogP contribution in [0.25, 0.3) is 0 Å². The molecule has 0 radical (unpaired) electrons. The van der Waals surface area contributed by atoms with Crippen LogP contribution < -0.4 is 15.5 Å². The predicted octanol–water partition coefficient (Wildman–Crippen LogP) is 2.51. The fourth-order valence-electron chi connectivity index (χ4n) is 1.62. The van der Waals surface area contributed by atoms with Gasteiger partial charge in [0, 0.05) is 13.2 Å². The lowest BCUT2D eigenvalue weighted by atomic mass is 10.1. The van der Waals surface area contributed by atoms with Crippen molar-refractivity contribution in [2.45, 2.75) is 26.5 Å². The Bertz CT molecular complexity index is 509. The topological polar surface area (TPSA) is 54.9 Å². The molecule has 1 atom stereocenters. The van der Waals surface area contributed by atoms with Gasteiger partial charge in [-0.3, -0.25) is 5.43 Å². The molecule has 0 aromatic heterocycles. The largest absolute Gasteiger partial charge is 0.435 e. The molecular weight excluding hydrogens is 312 g/mol. The molecule has 0 fully saturated rings. The molecule has 22 heavy (non-hydrogen) atoms. The number of rotatable bonds is 7. The molecule has 8 heteroatoms. The van der Waals surface area contributed by atoms with E-state index in [0.717, 1.165) is 5.56 Å². The summed E-state index contributed by atoms with van der Waals surface area (Å²) in [7, 11) is 1.61.